The van der Waals surface area contributed by atoms with Crippen molar-refractivity contribution >= 4 is 11.9 Å². The average molecular weight is 269 g/mol. The van der Waals surface area contributed by atoms with Crippen LogP contribution in [0, 0.1) is 5.41 Å². The molecule has 1 aliphatic rings. The quantitative estimate of drug-likeness (QED) is 0.806. The SMILES string of the molecule is CCC(C)N(C)C(=O)CC1(CC(=O)O)CCCCC1. The third-order valence-corrected chi connectivity index (χ3v) is 4.61. The van der Waals surface area contributed by atoms with Crippen molar-refractivity contribution in [2.24, 2.45) is 5.41 Å². The molecule has 0 aromatic heterocycles. The van der Waals surface area contributed by atoms with E-state index < -0.39 is 5.97 Å². The lowest BCUT2D eigenvalue weighted by atomic mass is 9.69. The van der Waals surface area contributed by atoms with Crippen LogP contribution >= 0.6 is 0 Å². The second-order valence-corrected chi connectivity index (χ2v) is 6.07. The van der Waals surface area contributed by atoms with Crippen molar-refractivity contribution in [2.75, 3.05) is 7.05 Å². The lowest BCUT2D eigenvalue weighted by molar-refractivity contribution is -0.142. The smallest absolute Gasteiger partial charge is 0.303 e. The Kier molecular flexibility index (Phi) is 5.83. The molecule has 1 N–H and O–H groups in total. The molecule has 0 saturated heterocycles. The van der Waals surface area contributed by atoms with Crippen molar-refractivity contribution < 1.29 is 14.7 Å². The van der Waals surface area contributed by atoms with Crippen LogP contribution in [0.1, 0.15) is 65.2 Å². The standard InChI is InChI=1S/C15H27NO3/c1-4-12(2)16(3)13(17)10-15(11-14(18)19)8-6-5-7-9-15/h12H,4-11H2,1-3H3,(H,18,19). The Labute approximate surface area is 116 Å². The molecule has 0 aromatic rings. The molecule has 1 aliphatic carbocycles. The van der Waals surface area contributed by atoms with Gasteiger partial charge in [0.05, 0.1) is 6.42 Å². The van der Waals surface area contributed by atoms with E-state index in [1.807, 2.05) is 14.0 Å². The van der Waals surface area contributed by atoms with E-state index in [9.17, 15) is 9.59 Å². The first-order chi connectivity index (χ1) is 8.90. The summed E-state index contributed by atoms with van der Waals surface area (Å²) in [6.45, 7) is 4.09. The Balaban J connectivity index is 2.71. The molecule has 0 bridgehead atoms. The van der Waals surface area contributed by atoms with Gasteiger partial charge in [-0.05, 0) is 31.6 Å². The van der Waals surface area contributed by atoms with Gasteiger partial charge >= 0.3 is 5.97 Å². The Morgan fingerprint density at radius 2 is 1.79 bits per heavy atom. The van der Waals surface area contributed by atoms with Crippen LogP contribution < -0.4 is 0 Å². The van der Waals surface area contributed by atoms with Crippen molar-refractivity contribution in [1.82, 2.24) is 4.90 Å². The molecule has 1 unspecified atom stereocenters. The number of rotatable bonds is 6. The second kappa shape index (κ2) is 6.92. The largest absolute Gasteiger partial charge is 0.481 e. The fourth-order valence-corrected chi connectivity index (χ4v) is 3.00. The van der Waals surface area contributed by atoms with Gasteiger partial charge in [0.2, 0.25) is 5.91 Å². The van der Waals surface area contributed by atoms with Crippen molar-refractivity contribution in [2.45, 2.75) is 71.3 Å². The van der Waals surface area contributed by atoms with Gasteiger partial charge in [0.1, 0.15) is 0 Å². The van der Waals surface area contributed by atoms with Crippen LogP contribution in [0.25, 0.3) is 0 Å². The molecule has 4 heteroatoms. The predicted octanol–water partition coefficient (Wildman–Crippen LogP) is 3.06. The molecule has 0 aromatic carbocycles. The highest BCUT2D eigenvalue weighted by Gasteiger charge is 2.37. The number of carboxylic acid groups (broad SMARTS) is 1. The summed E-state index contributed by atoms with van der Waals surface area (Å²) in [4.78, 5) is 25.2. The number of hydrogen-bond acceptors (Lipinski definition) is 2. The Bertz CT molecular complexity index is 321. The number of nitrogens with zero attached hydrogens (tertiary/aromatic N) is 1. The Morgan fingerprint density at radius 3 is 2.26 bits per heavy atom. The minimum Gasteiger partial charge on any atom is -0.481 e. The van der Waals surface area contributed by atoms with E-state index in [-0.39, 0.29) is 23.8 Å². The Morgan fingerprint density at radius 1 is 1.21 bits per heavy atom. The van der Waals surface area contributed by atoms with Gasteiger partial charge in [-0.25, -0.2) is 0 Å². The first kappa shape index (κ1) is 16.0. The third kappa shape index (κ3) is 4.51. The molecule has 0 spiro atoms. The van der Waals surface area contributed by atoms with Gasteiger partial charge in [0.25, 0.3) is 0 Å². The van der Waals surface area contributed by atoms with E-state index in [1.54, 1.807) is 4.90 Å². The molecule has 110 valence electrons. The van der Waals surface area contributed by atoms with Crippen LogP contribution in [-0.4, -0.2) is 35.0 Å². The molecular weight excluding hydrogens is 242 g/mol. The molecule has 19 heavy (non-hydrogen) atoms. The highest BCUT2D eigenvalue weighted by Crippen LogP contribution is 2.42. The molecule has 1 fully saturated rings. The molecule has 0 radical (unpaired) electrons. The fraction of sp³-hybridized carbons (Fsp3) is 0.867. The zero-order valence-corrected chi connectivity index (χ0v) is 12.4. The summed E-state index contributed by atoms with van der Waals surface area (Å²) in [6, 6.07) is 0.220. The average Bonchev–Trinajstić information content (AvgIpc) is 2.36. The predicted molar refractivity (Wildman–Crippen MR) is 74.9 cm³/mol. The van der Waals surface area contributed by atoms with Gasteiger partial charge in [-0.2, -0.15) is 0 Å². The van der Waals surface area contributed by atoms with E-state index in [0.717, 1.165) is 38.5 Å². The Hall–Kier alpha value is -1.06. The summed E-state index contributed by atoms with van der Waals surface area (Å²) in [7, 11) is 1.83. The van der Waals surface area contributed by atoms with Gasteiger partial charge in [-0.3, -0.25) is 9.59 Å². The fourth-order valence-electron chi connectivity index (χ4n) is 3.00. The molecule has 0 heterocycles. The number of aliphatic carboxylic acids is 1. The summed E-state index contributed by atoms with van der Waals surface area (Å²) < 4.78 is 0. The minimum atomic E-state index is -0.777. The highest BCUT2D eigenvalue weighted by molar-refractivity contribution is 5.78. The molecular formula is C15H27NO3. The molecule has 1 amide bonds. The third-order valence-electron chi connectivity index (χ3n) is 4.61. The van der Waals surface area contributed by atoms with Gasteiger partial charge < -0.3 is 10.0 Å². The van der Waals surface area contributed by atoms with Gasteiger partial charge in [-0.15, -0.1) is 0 Å². The summed E-state index contributed by atoms with van der Waals surface area (Å²) in [5.74, 6) is -0.682. The number of amides is 1. The topological polar surface area (TPSA) is 57.6 Å². The van der Waals surface area contributed by atoms with E-state index in [1.165, 1.54) is 0 Å². The molecule has 1 atom stereocenters. The van der Waals surface area contributed by atoms with Crippen LogP contribution in [0.2, 0.25) is 0 Å². The summed E-state index contributed by atoms with van der Waals surface area (Å²) in [5, 5.41) is 9.11. The van der Waals surface area contributed by atoms with Crippen molar-refractivity contribution in [3.8, 4) is 0 Å². The lowest BCUT2D eigenvalue weighted by Gasteiger charge is -2.37. The monoisotopic (exact) mass is 269 g/mol. The maximum atomic E-state index is 12.3. The maximum Gasteiger partial charge on any atom is 0.303 e. The van der Waals surface area contributed by atoms with Gasteiger partial charge in [0, 0.05) is 19.5 Å². The number of carbonyl (C=O) groups excluding carboxylic acids is 1. The van der Waals surface area contributed by atoms with E-state index >= 15 is 0 Å². The van der Waals surface area contributed by atoms with Crippen molar-refractivity contribution in [3.05, 3.63) is 0 Å². The van der Waals surface area contributed by atoms with Crippen LogP contribution in [0.15, 0.2) is 0 Å². The number of carboxylic acids is 1. The van der Waals surface area contributed by atoms with Crippen LogP contribution in [0.4, 0.5) is 0 Å². The van der Waals surface area contributed by atoms with Crippen LogP contribution in [0.5, 0.6) is 0 Å². The van der Waals surface area contributed by atoms with E-state index in [4.69, 9.17) is 5.11 Å². The van der Waals surface area contributed by atoms with Crippen LogP contribution in [-0.2, 0) is 9.59 Å². The molecule has 4 nitrogen and oxygen atoms in total. The lowest BCUT2D eigenvalue weighted by Crippen LogP contribution is -2.39. The normalized spacial score (nSPS) is 19.7. The summed E-state index contributed by atoms with van der Waals surface area (Å²) >= 11 is 0. The van der Waals surface area contributed by atoms with Gasteiger partial charge in [0.15, 0.2) is 0 Å². The maximum absolute atomic E-state index is 12.3. The zero-order chi connectivity index (χ0) is 14.5. The first-order valence-electron chi connectivity index (χ1n) is 7.37. The molecule has 0 aliphatic heterocycles. The van der Waals surface area contributed by atoms with Crippen molar-refractivity contribution in [1.29, 1.82) is 0 Å². The highest BCUT2D eigenvalue weighted by atomic mass is 16.4. The first-order valence-corrected chi connectivity index (χ1v) is 7.37. The second-order valence-electron chi connectivity index (χ2n) is 6.07. The molecule has 1 rings (SSSR count). The summed E-state index contributed by atoms with van der Waals surface area (Å²) in [5.41, 5.74) is -0.303. The summed E-state index contributed by atoms with van der Waals surface area (Å²) in [6.07, 6.45) is 6.46. The number of carbonyl (C=O) groups is 2. The van der Waals surface area contributed by atoms with E-state index in [0.29, 0.717) is 6.42 Å². The zero-order valence-electron chi connectivity index (χ0n) is 12.4. The van der Waals surface area contributed by atoms with E-state index in [2.05, 4.69) is 6.92 Å². The molecule has 1 saturated carbocycles. The number of hydrogen-bond donors (Lipinski definition) is 1. The van der Waals surface area contributed by atoms with Crippen LogP contribution in [0.3, 0.4) is 0 Å². The van der Waals surface area contributed by atoms with Gasteiger partial charge in [-0.1, -0.05) is 26.2 Å². The van der Waals surface area contributed by atoms with Crippen molar-refractivity contribution in [3.63, 3.8) is 0 Å². The minimum absolute atomic E-state index is 0.0949.